The van der Waals surface area contributed by atoms with Gasteiger partial charge in [-0.2, -0.15) is 0 Å². The normalized spacial score (nSPS) is 15.2. The van der Waals surface area contributed by atoms with Crippen molar-refractivity contribution in [2.75, 3.05) is 19.8 Å². The lowest BCUT2D eigenvalue weighted by Gasteiger charge is -2.07. The Bertz CT molecular complexity index is 368. The molecule has 1 fully saturated rings. The minimum atomic E-state index is -0.260. The number of nitrogens with one attached hydrogen (secondary N) is 1. The quantitative estimate of drug-likeness (QED) is 0.759. The summed E-state index contributed by atoms with van der Waals surface area (Å²) in [5.41, 5.74) is 0.636. The maximum atomic E-state index is 13.4. The van der Waals surface area contributed by atoms with E-state index in [9.17, 15) is 4.39 Å². The fourth-order valence-electron chi connectivity index (χ4n) is 1.57. The van der Waals surface area contributed by atoms with Gasteiger partial charge in [0.15, 0.2) is 0 Å². The molecule has 0 unspecified atom stereocenters. The van der Waals surface area contributed by atoms with Crippen LogP contribution in [0.2, 0.25) is 5.02 Å². The van der Waals surface area contributed by atoms with Crippen molar-refractivity contribution in [1.29, 1.82) is 0 Å². The van der Waals surface area contributed by atoms with Crippen molar-refractivity contribution in [2.24, 2.45) is 5.92 Å². The van der Waals surface area contributed by atoms with Gasteiger partial charge in [0.25, 0.3) is 0 Å². The lowest BCUT2D eigenvalue weighted by Crippen LogP contribution is -2.20. The first-order chi connectivity index (χ1) is 8.25. The van der Waals surface area contributed by atoms with Crippen molar-refractivity contribution in [3.63, 3.8) is 0 Å². The molecule has 0 bridgehead atoms. The molecule has 1 aliphatic rings. The first-order valence-corrected chi connectivity index (χ1v) is 6.36. The smallest absolute Gasteiger partial charge is 0.129 e. The molecule has 94 valence electrons. The van der Waals surface area contributed by atoms with Gasteiger partial charge in [-0.25, -0.2) is 4.39 Å². The topological polar surface area (TPSA) is 21.3 Å². The number of benzene rings is 1. The lowest BCUT2D eigenvalue weighted by molar-refractivity contribution is 0.126. The Kier molecular flexibility index (Phi) is 4.77. The van der Waals surface area contributed by atoms with Crippen molar-refractivity contribution >= 4 is 11.6 Å². The molecule has 1 aromatic carbocycles. The van der Waals surface area contributed by atoms with Crippen LogP contribution in [0.15, 0.2) is 18.2 Å². The molecule has 0 atom stereocenters. The highest BCUT2D eigenvalue weighted by Gasteiger charge is 2.20. The van der Waals surface area contributed by atoms with Gasteiger partial charge >= 0.3 is 0 Å². The van der Waals surface area contributed by atoms with Crippen molar-refractivity contribution < 1.29 is 9.13 Å². The second kappa shape index (κ2) is 6.34. The Balaban J connectivity index is 1.60. The second-order valence-electron chi connectivity index (χ2n) is 4.43. The van der Waals surface area contributed by atoms with Crippen LogP contribution in [0.4, 0.5) is 4.39 Å². The summed E-state index contributed by atoms with van der Waals surface area (Å²) in [5.74, 6) is 0.535. The van der Waals surface area contributed by atoms with E-state index in [1.807, 2.05) is 0 Å². The zero-order valence-corrected chi connectivity index (χ0v) is 10.5. The van der Waals surface area contributed by atoms with Crippen molar-refractivity contribution in [2.45, 2.75) is 19.4 Å². The predicted octanol–water partition coefficient (Wildman–Crippen LogP) is 3.00. The van der Waals surface area contributed by atoms with Gasteiger partial charge in [0, 0.05) is 30.3 Å². The molecular formula is C13H17ClFNO. The zero-order valence-electron chi connectivity index (χ0n) is 9.72. The fourth-order valence-corrected chi connectivity index (χ4v) is 1.73. The maximum absolute atomic E-state index is 13.4. The molecule has 1 saturated carbocycles. The van der Waals surface area contributed by atoms with E-state index in [-0.39, 0.29) is 5.82 Å². The fraction of sp³-hybridized carbons (Fsp3) is 0.538. The molecule has 0 aliphatic heterocycles. The van der Waals surface area contributed by atoms with Gasteiger partial charge < -0.3 is 10.1 Å². The van der Waals surface area contributed by atoms with Gasteiger partial charge in [0.1, 0.15) is 5.82 Å². The number of ether oxygens (including phenoxy) is 1. The standard InChI is InChI=1S/C13H17ClFNO/c14-12-4-3-11(13(15)7-12)8-16-5-6-17-9-10-1-2-10/h3-4,7,10,16H,1-2,5-6,8-9H2. The summed E-state index contributed by atoms with van der Waals surface area (Å²) in [5, 5.41) is 3.58. The molecule has 0 spiro atoms. The highest BCUT2D eigenvalue weighted by molar-refractivity contribution is 6.30. The third-order valence-corrected chi connectivity index (χ3v) is 3.04. The lowest BCUT2D eigenvalue weighted by atomic mass is 10.2. The van der Waals surface area contributed by atoms with E-state index < -0.39 is 0 Å². The highest BCUT2D eigenvalue weighted by atomic mass is 35.5. The van der Waals surface area contributed by atoms with Gasteiger partial charge in [-0.15, -0.1) is 0 Å². The Labute approximate surface area is 106 Å². The van der Waals surface area contributed by atoms with Crippen LogP contribution in [-0.2, 0) is 11.3 Å². The Hall–Kier alpha value is -0.640. The van der Waals surface area contributed by atoms with E-state index >= 15 is 0 Å². The van der Waals surface area contributed by atoms with Crippen molar-refractivity contribution in [3.05, 3.63) is 34.6 Å². The first-order valence-electron chi connectivity index (χ1n) is 5.98. The van der Waals surface area contributed by atoms with Gasteiger partial charge in [-0.05, 0) is 30.9 Å². The summed E-state index contributed by atoms with van der Waals surface area (Å²) in [4.78, 5) is 0. The van der Waals surface area contributed by atoms with E-state index in [1.165, 1.54) is 18.9 Å². The average Bonchev–Trinajstić information content (AvgIpc) is 3.09. The van der Waals surface area contributed by atoms with E-state index in [2.05, 4.69) is 5.32 Å². The van der Waals surface area contributed by atoms with E-state index in [1.54, 1.807) is 12.1 Å². The molecule has 1 aromatic rings. The van der Waals surface area contributed by atoms with E-state index in [0.29, 0.717) is 23.7 Å². The molecule has 1 N–H and O–H groups in total. The van der Waals surface area contributed by atoms with Crippen molar-refractivity contribution in [1.82, 2.24) is 5.32 Å². The molecule has 2 rings (SSSR count). The van der Waals surface area contributed by atoms with Crippen LogP contribution < -0.4 is 5.32 Å². The van der Waals surface area contributed by atoms with E-state index in [0.717, 1.165) is 19.1 Å². The number of hydrogen-bond acceptors (Lipinski definition) is 2. The Morgan fingerprint density at radius 1 is 1.41 bits per heavy atom. The van der Waals surface area contributed by atoms with Crippen LogP contribution in [0.25, 0.3) is 0 Å². The summed E-state index contributed by atoms with van der Waals surface area (Å²) in [6.45, 7) is 2.81. The largest absolute Gasteiger partial charge is 0.380 e. The number of rotatable bonds is 7. The molecule has 4 heteroatoms. The molecule has 2 nitrogen and oxygen atoms in total. The molecule has 0 amide bonds. The Morgan fingerprint density at radius 2 is 2.24 bits per heavy atom. The molecule has 0 saturated heterocycles. The molecule has 17 heavy (non-hydrogen) atoms. The molecule has 0 aromatic heterocycles. The van der Waals surface area contributed by atoms with Crippen molar-refractivity contribution in [3.8, 4) is 0 Å². The minimum Gasteiger partial charge on any atom is -0.380 e. The summed E-state index contributed by atoms with van der Waals surface area (Å²) < 4.78 is 18.9. The van der Waals surface area contributed by atoms with Crippen LogP contribution in [0.3, 0.4) is 0 Å². The monoisotopic (exact) mass is 257 g/mol. The maximum Gasteiger partial charge on any atom is 0.129 e. The van der Waals surface area contributed by atoms with Crippen LogP contribution >= 0.6 is 11.6 Å². The highest BCUT2D eigenvalue weighted by Crippen LogP contribution is 2.28. The number of halogens is 2. The van der Waals surface area contributed by atoms with Crippen LogP contribution in [0.5, 0.6) is 0 Å². The van der Waals surface area contributed by atoms with Crippen LogP contribution in [0.1, 0.15) is 18.4 Å². The summed E-state index contributed by atoms with van der Waals surface area (Å²) >= 11 is 5.67. The summed E-state index contributed by atoms with van der Waals surface area (Å²) in [7, 11) is 0. The van der Waals surface area contributed by atoms with Crippen LogP contribution in [-0.4, -0.2) is 19.8 Å². The molecule has 0 radical (unpaired) electrons. The van der Waals surface area contributed by atoms with E-state index in [4.69, 9.17) is 16.3 Å². The SMILES string of the molecule is Fc1cc(Cl)ccc1CNCCOCC1CC1. The third kappa shape index (κ3) is 4.62. The predicted molar refractivity (Wildman–Crippen MR) is 66.7 cm³/mol. The Morgan fingerprint density at radius 3 is 2.94 bits per heavy atom. The molecule has 0 heterocycles. The average molecular weight is 258 g/mol. The first kappa shape index (κ1) is 12.8. The molecular weight excluding hydrogens is 241 g/mol. The van der Waals surface area contributed by atoms with Gasteiger partial charge in [0.05, 0.1) is 6.61 Å². The third-order valence-electron chi connectivity index (χ3n) is 2.80. The van der Waals surface area contributed by atoms with Crippen LogP contribution in [0, 0.1) is 11.7 Å². The second-order valence-corrected chi connectivity index (χ2v) is 4.87. The number of hydrogen-bond donors (Lipinski definition) is 1. The van der Waals surface area contributed by atoms with Gasteiger partial charge in [0.2, 0.25) is 0 Å². The minimum absolute atomic E-state index is 0.260. The summed E-state index contributed by atoms with van der Waals surface area (Å²) in [6, 6.07) is 4.74. The van der Waals surface area contributed by atoms with Gasteiger partial charge in [-0.1, -0.05) is 17.7 Å². The van der Waals surface area contributed by atoms with Gasteiger partial charge in [-0.3, -0.25) is 0 Å². The summed E-state index contributed by atoms with van der Waals surface area (Å²) in [6.07, 6.45) is 2.62. The molecule has 1 aliphatic carbocycles. The zero-order chi connectivity index (χ0) is 12.1.